The molecule has 0 atom stereocenters. The van der Waals surface area contributed by atoms with Gasteiger partial charge in [0, 0.05) is 6.92 Å². The van der Waals surface area contributed by atoms with Gasteiger partial charge in [-0.3, -0.25) is 0 Å². The average Bonchev–Trinajstić information content (AvgIpc) is 2.65. The van der Waals surface area contributed by atoms with Gasteiger partial charge in [-0.25, -0.2) is 9.13 Å². The lowest BCUT2D eigenvalue weighted by molar-refractivity contribution is -0.694. The van der Waals surface area contributed by atoms with E-state index in [0.29, 0.717) is 0 Å². The van der Waals surface area contributed by atoms with Crippen molar-refractivity contribution < 1.29 is 4.57 Å². The van der Waals surface area contributed by atoms with Crippen molar-refractivity contribution in [2.75, 3.05) is 0 Å². The number of aryl methyl sites for hydroxylation is 2. The van der Waals surface area contributed by atoms with Crippen molar-refractivity contribution in [2.45, 2.75) is 40.3 Å². The van der Waals surface area contributed by atoms with Crippen molar-refractivity contribution in [2.24, 2.45) is 0 Å². The van der Waals surface area contributed by atoms with E-state index in [1.54, 1.807) is 0 Å². The molecule has 0 fully saturated rings. The number of hydrogen-bond donors (Lipinski definition) is 0. The Kier molecular flexibility index (Phi) is 3.62. The molecule has 0 aliphatic heterocycles. The zero-order valence-electron chi connectivity index (χ0n) is 11.0. The molecule has 2 nitrogen and oxygen atoms in total. The van der Waals surface area contributed by atoms with Crippen molar-refractivity contribution in [3.05, 3.63) is 53.6 Å². The summed E-state index contributed by atoms with van der Waals surface area (Å²) in [6, 6.07) is 8.76. The molecule has 1 aromatic carbocycles. The summed E-state index contributed by atoms with van der Waals surface area (Å²) in [5.41, 5.74) is 2.68. The van der Waals surface area contributed by atoms with E-state index in [0.717, 1.165) is 13.1 Å². The van der Waals surface area contributed by atoms with E-state index in [1.165, 1.54) is 23.4 Å². The van der Waals surface area contributed by atoms with Gasteiger partial charge in [0.15, 0.2) is 0 Å². The van der Waals surface area contributed by atoms with Crippen molar-refractivity contribution in [1.82, 2.24) is 4.57 Å². The van der Waals surface area contributed by atoms with Gasteiger partial charge in [-0.1, -0.05) is 36.8 Å². The lowest BCUT2D eigenvalue weighted by atomic mass is 10.1. The van der Waals surface area contributed by atoms with Crippen LogP contribution in [0.1, 0.15) is 30.3 Å². The number of benzene rings is 1. The van der Waals surface area contributed by atoms with E-state index < -0.39 is 0 Å². The summed E-state index contributed by atoms with van der Waals surface area (Å²) < 4.78 is 4.62. The molecule has 2 aromatic rings. The first-order valence-corrected chi connectivity index (χ1v) is 6.31. The Labute approximate surface area is 104 Å². The van der Waals surface area contributed by atoms with Crippen molar-refractivity contribution in [3.8, 4) is 0 Å². The minimum absolute atomic E-state index is 0.961. The Hall–Kier alpha value is -1.57. The van der Waals surface area contributed by atoms with Crippen molar-refractivity contribution >= 4 is 0 Å². The van der Waals surface area contributed by atoms with E-state index >= 15 is 0 Å². The topological polar surface area (TPSA) is 8.81 Å². The Morgan fingerprint density at radius 2 is 1.82 bits per heavy atom. The third-order valence-electron chi connectivity index (χ3n) is 3.20. The predicted octanol–water partition coefficient (Wildman–Crippen LogP) is 2.85. The van der Waals surface area contributed by atoms with Gasteiger partial charge in [0.25, 0.3) is 5.82 Å². The Bertz CT molecular complexity index is 480. The van der Waals surface area contributed by atoms with Crippen LogP contribution in [0.3, 0.4) is 0 Å². The summed E-state index contributed by atoms with van der Waals surface area (Å²) in [7, 11) is 0. The maximum Gasteiger partial charge on any atom is 0.253 e. The van der Waals surface area contributed by atoms with Crippen LogP contribution >= 0.6 is 0 Å². The molecule has 2 heteroatoms. The molecule has 17 heavy (non-hydrogen) atoms. The second kappa shape index (κ2) is 5.17. The predicted molar refractivity (Wildman–Crippen MR) is 69.9 cm³/mol. The average molecular weight is 229 g/mol. The van der Waals surface area contributed by atoms with Gasteiger partial charge in [-0.2, -0.15) is 0 Å². The van der Waals surface area contributed by atoms with Gasteiger partial charge < -0.3 is 0 Å². The van der Waals surface area contributed by atoms with Crippen LogP contribution in [0.2, 0.25) is 0 Å². The van der Waals surface area contributed by atoms with Gasteiger partial charge >= 0.3 is 0 Å². The summed E-state index contributed by atoms with van der Waals surface area (Å²) in [5, 5.41) is 0. The highest BCUT2D eigenvalue weighted by molar-refractivity contribution is 5.20. The molecular formula is C15H21N2+. The highest BCUT2D eigenvalue weighted by Crippen LogP contribution is 2.04. The molecule has 1 aromatic heterocycles. The molecule has 0 bridgehead atoms. The maximum atomic E-state index is 2.31. The fraction of sp³-hybridized carbons (Fsp3) is 0.400. The van der Waals surface area contributed by atoms with Crippen molar-refractivity contribution in [3.63, 3.8) is 0 Å². The third-order valence-corrected chi connectivity index (χ3v) is 3.20. The highest BCUT2D eigenvalue weighted by Gasteiger charge is 2.11. The number of aromatic nitrogens is 2. The second-order valence-electron chi connectivity index (χ2n) is 4.65. The minimum atomic E-state index is 0.961. The number of hydrogen-bond acceptors (Lipinski definition) is 0. The fourth-order valence-corrected chi connectivity index (χ4v) is 2.08. The monoisotopic (exact) mass is 229 g/mol. The SMILES string of the molecule is CCCn1cc[n+](Cc2ccc(C)cc2)c1C. The Morgan fingerprint density at radius 1 is 1.12 bits per heavy atom. The molecule has 0 saturated heterocycles. The fourth-order valence-electron chi connectivity index (χ4n) is 2.08. The van der Waals surface area contributed by atoms with Gasteiger partial charge in [-0.05, 0) is 18.9 Å². The molecule has 0 aliphatic rings. The first-order valence-electron chi connectivity index (χ1n) is 6.31. The highest BCUT2D eigenvalue weighted by atomic mass is 15.1. The number of nitrogens with zero attached hydrogens (tertiary/aromatic N) is 2. The first-order chi connectivity index (χ1) is 8.20. The molecular weight excluding hydrogens is 208 g/mol. The van der Waals surface area contributed by atoms with Gasteiger partial charge in [0.1, 0.15) is 18.9 Å². The Balaban J connectivity index is 2.16. The van der Waals surface area contributed by atoms with Crippen LogP contribution in [0, 0.1) is 13.8 Å². The molecule has 0 N–H and O–H groups in total. The zero-order valence-corrected chi connectivity index (χ0v) is 11.0. The summed E-state index contributed by atoms with van der Waals surface area (Å²) in [6.45, 7) is 8.59. The van der Waals surface area contributed by atoms with Crippen molar-refractivity contribution in [1.29, 1.82) is 0 Å². The van der Waals surface area contributed by atoms with E-state index in [2.05, 4.69) is 66.6 Å². The van der Waals surface area contributed by atoms with E-state index in [9.17, 15) is 0 Å². The molecule has 1 heterocycles. The van der Waals surface area contributed by atoms with Gasteiger partial charge in [0.05, 0.1) is 6.54 Å². The number of imidazole rings is 1. The van der Waals surface area contributed by atoms with E-state index in [-0.39, 0.29) is 0 Å². The summed E-state index contributed by atoms with van der Waals surface area (Å²) in [4.78, 5) is 0. The minimum Gasteiger partial charge on any atom is -0.234 e. The molecule has 0 spiro atoms. The molecule has 0 amide bonds. The van der Waals surface area contributed by atoms with Gasteiger partial charge in [0.2, 0.25) is 0 Å². The normalized spacial score (nSPS) is 10.8. The summed E-state index contributed by atoms with van der Waals surface area (Å²) >= 11 is 0. The van der Waals surface area contributed by atoms with E-state index in [1.807, 2.05) is 0 Å². The van der Waals surface area contributed by atoms with Crippen LogP contribution in [-0.4, -0.2) is 4.57 Å². The second-order valence-corrected chi connectivity index (χ2v) is 4.65. The standard InChI is InChI=1S/C15H21N2/c1-4-9-16-10-11-17(14(16)3)12-15-7-5-13(2)6-8-15/h5-8,10-11H,4,9,12H2,1-3H3/q+1. The zero-order chi connectivity index (χ0) is 12.3. The smallest absolute Gasteiger partial charge is 0.234 e. The molecule has 0 unspecified atom stereocenters. The molecule has 0 radical (unpaired) electrons. The summed E-state index contributed by atoms with van der Waals surface area (Å²) in [6.07, 6.45) is 5.53. The van der Waals surface area contributed by atoms with Gasteiger partial charge in [-0.15, -0.1) is 0 Å². The quantitative estimate of drug-likeness (QED) is 0.713. The molecule has 2 rings (SSSR count). The summed E-state index contributed by atoms with van der Waals surface area (Å²) in [5.74, 6) is 1.33. The van der Waals surface area contributed by atoms with Crippen LogP contribution in [0.5, 0.6) is 0 Å². The molecule has 0 aliphatic carbocycles. The van der Waals surface area contributed by atoms with E-state index in [4.69, 9.17) is 0 Å². The van der Waals surface area contributed by atoms with Crippen LogP contribution in [0.15, 0.2) is 36.7 Å². The lowest BCUT2D eigenvalue weighted by Gasteiger charge is -2.01. The largest absolute Gasteiger partial charge is 0.253 e. The van der Waals surface area contributed by atoms with Crippen LogP contribution in [0.25, 0.3) is 0 Å². The van der Waals surface area contributed by atoms with Crippen LogP contribution < -0.4 is 4.57 Å². The third kappa shape index (κ3) is 2.76. The maximum absolute atomic E-state index is 2.31. The lowest BCUT2D eigenvalue weighted by Crippen LogP contribution is -2.36. The van der Waals surface area contributed by atoms with Crippen LogP contribution in [-0.2, 0) is 13.1 Å². The molecule has 0 saturated carbocycles. The Morgan fingerprint density at radius 3 is 2.47 bits per heavy atom. The van der Waals surface area contributed by atoms with Crippen LogP contribution in [0.4, 0.5) is 0 Å². The first kappa shape index (κ1) is 11.9. The molecule has 90 valence electrons. The number of rotatable bonds is 4.